The highest BCUT2D eigenvalue weighted by atomic mass is 16.5. The molecule has 0 aliphatic carbocycles. The van der Waals surface area contributed by atoms with Crippen LogP contribution in [0, 0.1) is 0 Å². The first-order valence-corrected chi connectivity index (χ1v) is 18.7. The van der Waals surface area contributed by atoms with Gasteiger partial charge in [0, 0.05) is 68.0 Å². The lowest BCUT2D eigenvalue weighted by molar-refractivity contribution is -0.116. The third-order valence-electron chi connectivity index (χ3n) is 10.3. The molecule has 0 radical (unpaired) electrons. The molecule has 1 atom stereocenters. The summed E-state index contributed by atoms with van der Waals surface area (Å²) < 4.78 is 15.1. The van der Waals surface area contributed by atoms with Crippen LogP contribution in [0.2, 0.25) is 0 Å². The van der Waals surface area contributed by atoms with Crippen LogP contribution in [-0.2, 0) is 25.3 Å². The van der Waals surface area contributed by atoms with Crippen molar-refractivity contribution in [3.8, 4) is 22.6 Å². The van der Waals surface area contributed by atoms with Gasteiger partial charge in [0.1, 0.15) is 11.4 Å². The lowest BCUT2D eigenvalue weighted by Gasteiger charge is -2.34. The Morgan fingerprint density at radius 1 is 0.745 bits per heavy atom. The van der Waals surface area contributed by atoms with E-state index < -0.39 is 0 Å². The fourth-order valence-electron chi connectivity index (χ4n) is 7.43. The van der Waals surface area contributed by atoms with Crippen molar-refractivity contribution >= 4 is 40.7 Å². The molecule has 0 unspecified atom stereocenters. The molecular formula is C43H46N6O6. The third kappa shape index (κ3) is 8.43. The second-order valence-electron chi connectivity index (χ2n) is 14.1. The number of aryl methyl sites for hydroxylation is 3. The number of methoxy groups -OCH3 is 1. The van der Waals surface area contributed by atoms with Crippen molar-refractivity contribution in [3.63, 3.8) is 0 Å². The molecule has 2 aliphatic rings. The number of carbonyl (C=O) groups excluding carboxylic acids is 4. The zero-order chi connectivity index (χ0) is 38.5. The quantitative estimate of drug-likeness (QED) is 0.115. The second-order valence-corrected chi connectivity index (χ2v) is 14.1. The van der Waals surface area contributed by atoms with Gasteiger partial charge < -0.3 is 39.5 Å². The Morgan fingerprint density at radius 3 is 2.20 bits per heavy atom. The van der Waals surface area contributed by atoms with Crippen molar-refractivity contribution in [2.24, 2.45) is 14.1 Å². The number of aromatic nitrogens is 2. The topological polar surface area (TPSA) is 136 Å². The zero-order valence-corrected chi connectivity index (χ0v) is 31.4. The number of amides is 4. The summed E-state index contributed by atoms with van der Waals surface area (Å²) in [6, 6.07) is 24.2. The van der Waals surface area contributed by atoms with Crippen LogP contribution in [0.4, 0.5) is 17.1 Å². The average molecular weight is 743 g/mol. The first-order chi connectivity index (χ1) is 26.7. The molecule has 3 aromatic carbocycles. The molecule has 12 heteroatoms. The van der Waals surface area contributed by atoms with Gasteiger partial charge in [-0.2, -0.15) is 0 Å². The molecule has 2 aromatic heterocycles. The van der Waals surface area contributed by atoms with E-state index in [2.05, 4.69) is 16.0 Å². The van der Waals surface area contributed by atoms with E-state index >= 15 is 0 Å². The van der Waals surface area contributed by atoms with Crippen LogP contribution in [-0.4, -0.2) is 64.0 Å². The molecular weight excluding hydrogens is 697 g/mol. The largest absolute Gasteiger partial charge is 0.493 e. The molecule has 2 aliphatic heterocycles. The highest BCUT2D eigenvalue weighted by Gasteiger charge is 2.32. The van der Waals surface area contributed by atoms with Gasteiger partial charge in [0.05, 0.1) is 19.4 Å². The van der Waals surface area contributed by atoms with Gasteiger partial charge in [0.2, 0.25) is 5.91 Å². The van der Waals surface area contributed by atoms with Gasteiger partial charge in [-0.25, -0.2) is 0 Å². The highest BCUT2D eigenvalue weighted by molar-refractivity contribution is 6.05. The van der Waals surface area contributed by atoms with Crippen LogP contribution >= 0.6 is 0 Å². The van der Waals surface area contributed by atoms with Gasteiger partial charge in [0.15, 0.2) is 11.5 Å². The lowest BCUT2D eigenvalue weighted by atomic mass is 9.98. The number of benzene rings is 3. The Kier molecular flexibility index (Phi) is 11.0. The number of rotatable bonds is 12. The normalized spacial score (nSPS) is 15.0. The van der Waals surface area contributed by atoms with E-state index in [0.717, 1.165) is 61.0 Å². The summed E-state index contributed by atoms with van der Waals surface area (Å²) >= 11 is 0. The van der Waals surface area contributed by atoms with Crippen molar-refractivity contribution in [2.45, 2.75) is 51.0 Å². The van der Waals surface area contributed by atoms with Gasteiger partial charge in [0.25, 0.3) is 17.7 Å². The molecule has 1 fully saturated rings. The fourth-order valence-corrected chi connectivity index (χ4v) is 7.43. The minimum absolute atomic E-state index is 0.0699. The molecule has 284 valence electrons. The van der Waals surface area contributed by atoms with Crippen LogP contribution in [0.3, 0.4) is 0 Å². The molecule has 3 N–H and O–H groups in total. The van der Waals surface area contributed by atoms with Gasteiger partial charge in [-0.3, -0.25) is 19.2 Å². The van der Waals surface area contributed by atoms with Crippen LogP contribution in [0.5, 0.6) is 11.5 Å². The van der Waals surface area contributed by atoms with Gasteiger partial charge in [-0.05, 0) is 98.2 Å². The molecule has 4 heterocycles. The van der Waals surface area contributed by atoms with Crippen LogP contribution in [0.15, 0.2) is 91.3 Å². The van der Waals surface area contributed by atoms with Crippen molar-refractivity contribution in [2.75, 3.05) is 36.2 Å². The standard InChI is InChI=1S/C43H46N6O6/c1-47-26-30(22-36(47)41(51)45-31-10-5-4-6-11-31)28-14-17-32(18-15-28)46-42(52)37-24-33(27-48(37)2)44-40(50)13-9-21-55-39-23-29-16-19-34-12-7-8-20-49(34)43(53)35(29)25-38(39)54-3/h4-6,10-11,14-15,17-18,22-27,34H,7-9,12-13,16,19-21H2,1-3H3,(H,44,50)(H,45,51)(H,46,52)/t34-/m0/s1. The molecule has 55 heavy (non-hydrogen) atoms. The van der Waals surface area contributed by atoms with E-state index in [9.17, 15) is 19.2 Å². The van der Waals surface area contributed by atoms with Crippen LogP contribution < -0.4 is 25.4 Å². The summed E-state index contributed by atoms with van der Waals surface area (Å²) in [5.41, 5.74) is 6.16. The Hall–Kier alpha value is -6.30. The summed E-state index contributed by atoms with van der Waals surface area (Å²) in [6.45, 7) is 1.09. The Labute approximate surface area is 320 Å². The van der Waals surface area contributed by atoms with Gasteiger partial charge in [-0.15, -0.1) is 0 Å². The molecule has 0 bridgehead atoms. The summed E-state index contributed by atoms with van der Waals surface area (Å²) in [5, 5.41) is 8.72. The van der Waals surface area contributed by atoms with Crippen LogP contribution in [0.1, 0.15) is 75.4 Å². The summed E-state index contributed by atoms with van der Waals surface area (Å²) in [7, 11) is 5.14. The number of ether oxygens (including phenoxy) is 2. The maximum atomic E-state index is 13.3. The zero-order valence-electron chi connectivity index (χ0n) is 31.4. The minimum atomic E-state index is -0.323. The number of fused-ring (bicyclic) bond motifs is 2. The number of nitrogens with zero attached hydrogens (tertiary/aromatic N) is 3. The van der Waals surface area contributed by atoms with E-state index in [0.29, 0.717) is 52.9 Å². The highest BCUT2D eigenvalue weighted by Crippen LogP contribution is 2.36. The molecule has 12 nitrogen and oxygen atoms in total. The first-order valence-electron chi connectivity index (χ1n) is 18.7. The molecule has 5 aromatic rings. The average Bonchev–Trinajstić information content (AvgIpc) is 3.73. The maximum absolute atomic E-state index is 13.3. The van der Waals surface area contributed by atoms with Gasteiger partial charge in [-0.1, -0.05) is 30.3 Å². The van der Waals surface area contributed by atoms with E-state index in [4.69, 9.17) is 9.47 Å². The molecule has 1 saturated heterocycles. The third-order valence-corrected chi connectivity index (χ3v) is 10.3. The maximum Gasteiger partial charge on any atom is 0.272 e. The Morgan fingerprint density at radius 2 is 1.45 bits per heavy atom. The Bertz CT molecular complexity index is 2210. The number of hydrogen-bond donors (Lipinski definition) is 3. The van der Waals surface area contributed by atoms with E-state index in [1.807, 2.05) is 84.9 Å². The number of anilines is 3. The van der Waals surface area contributed by atoms with Crippen LogP contribution in [0.25, 0.3) is 11.1 Å². The predicted octanol–water partition coefficient (Wildman–Crippen LogP) is 7.28. The smallest absolute Gasteiger partial charge is 0.272 e. The number of para-hydroxylation sites is 1. The summed E-state index contributed by atoms with van der Waals surface area (Å²) in [6.07, 6.45) is 9.25. The monoisotopic (exact) mass is 742 g/mol. The van der Waals surface area contributed by atoms with Crippen molar-refractivity contribution in [1.29, 1.82) is 0 Å². The lowest BCUT2D eigenvalue weighted by Crippen LogP contribution is -2.42. The SMILES string of the molecule is COc1cc2c(cc1OCCCC(=O)Nc1cc(C(=O)Nc3ccc(-c4cc(C(=O)Nc5ccccc5)n(C)c4)cc3)n(C)c1)CC[C@@H]1CCCCN1C2=O. The Balaban J connectivity index is 0.895. The molecule has 0 saturated carbocycles. The molecule has 4 amide bonds. The summed E-state index contributed by atoms with van der Waals surface area (Å²) in [4.78, 5) is 54.3. The fraction of sp³-hybridized carbons (Fsp3) is 0.302. The van der Waals surface area contributed by atoms with E-state index in [-0.39, 0.29) is 36.1 Å². The number of piperidine rings is 1. The number of nitrogens with one attached hydrogen (secondary N) is 3. The van der Waals surface area contributed by atoms with Crippen molar-refractivity contribution < 1.29 is 28.7 Å². The van der Waals surface area contributed by atoms with E-state index in [1.54, 1.807) is 41.6 Å². The summed E-state index contributed by atoms with van der Waals surface area (Å²) in [5.74, 6) is 0.420. The number of hydrogen-bond acceptors (Lipinski definition) is 6. The van der Waals surface area contributed by atoms with Crippen molar-refractivity contribution in [3.05, 3.63) is 114 Å². The van der Waals surface area contributed by atoms with Crippen molar-refractivity contribution in [1.82, 2.24) is 14.0 Å². The van der Waals surface area contributed by atoms with E-state index in [1.165, 1.54) is 0 Å². The molecule has 7 rings (SSSR count). The first kappa shape index (κ1) is 37.0. The van der Waals surface area contributed by atoms with Gasteiger partial charge >= 0.3 is 0 Å². The molecule has 0 spiro atoms. The number of carbonyl (C=O) groups is 4. The minimum Gasteiger partial charge on any atom is -0.493 e. The predicted molar refractivity (Wildman–Crippen MR) is 212 cm³/mol. The second kappa shape index (κ2) is 16.4.